The summed E-state index contributed by atoms with van der Waals surface area (Å²) >= 11 is 5.87. The molecule has 0 saturated carbocycles. The fourth-order valence-corrected chi connectivity index (χ4v) is 1.76. The highest BCUT2D eigenvalue weighted by Crippen LogP contribution is 2.14. The Morgan fingerprint density at radius 2 is 1.83 bits per heavy atom. The summed E-state index contributed by atoms with van der Waals surface area (Å²) in [6.07, 6.45) is 3.77. The van der Waals surface area contributed by atoms with Gasteiger partial charge in [-0.15, -0.1) is 0 Å². The van der Waals surface area contributed by atoms with Crippen LogP contribution in [0.25, 0.3) is 12.2 Å². The number of halogens is 1. The highest BCUT2D eigenvalue weighted by Gasteiger charge is 1.97. The zero-order valence-electron chi connectivity index (χ0n) is 10.2. The van der Waals surface area contributed by atoms with Crippen molar-refractivity contribution in [1.29, 1.82) is 0 Å². The van der Waals surface area contributed by atoms with Gasteiger partial charge in [0.25, 0.3) is 0 Å². The molecule has 0 aliphatic carbocycles. The molecule has 18 heavy (non-hydrogen) atoms. The molecule has 0 aliphatic rings. The van der Waals surface area contributed by atoms with Gasteiger partial charge in [-0.1, -0.05) is 29.8 Å². The molecular weight excluding hydrogens is 248 g/mol. The first kappa shape index (κ1) is 12.6. The summed E-state index contributed by atoms with van der Waals surface area (Å²) in [5.74, 6) is 1.44. The van der Waals surface area contributed by atoms with Crippen molar-refractivity contribution >= 4 is 23.8 Å². The Labute approximate surface area is 111 Å². The van der Waals surface area contributed by atoms with E-state index in [0.717, 1.165) is 17.0 Å². The molecule has 0 bridgehead atoms. The minimum atomic E-state index is 0.455. The highest BCUT2D eigenvalue weighted by molar-refractivity contribution is 6.29. The summed E-state index contributed by atoms with van der Waals surface area (Å²) in [5, 5.41) is 0.455. The topological polar surface area (TPSA) is 35.0 Å². The van der Waals surface area contributed by atoms with E-state index in [2.05, 4.69) is 9.97 Å². The lowest BCUT2D eigenvalue weighted by Gasteiger charge is -1.99. The van der Waals surface area contributed by atoms with Crippen molar-refractivity contribution in [3.05, 3.63) is 52.6 Å². The van der Waals surface area contributed by atoms with Gasteiger partial charge in [0.2, 0.25) is 0 Å². The zero-order valence-corrected chi connectivity index (χ0v) is 11.0. The standard InChI is InChI=1S/C14H13ClN2O/c1-10-9-13(15)17-14(16-10)8-5-11-3-6-12(18-2)7-4-11/h3-9H,1-2H3. The number of aromatic nitrogens is 2. The maximum Gasteiger partial charge on any atom is 0.153 e. The van der Waals surface area contributed by atoms with Crippen LogP contribution in [-0.4, -0.2) is 17.1 Å². The number of ether oxygens (including phenoxy) is 1. The lowest BCUT2D eigenvalue weighted by Crippen LogP contribution is -1.90. The molecule has 4 heteroatoms. The van der Waals surface area contributed by atoms with Crippen LogP contribution in [-0.2, 0) is 0 Å². The van der Waals surface area contributed by atoms with E-state index < -0.39 is 0 Å². The number of hydrogen-bond donors (Lipinski definition) is 0. The Morgan fingerprint density at radius 1 is 1.11 bits per heavy atom. The van der Waals surface area contributed by atoms with Crippen LogP contribution in [0.15, 0.2) is 30.3 Å². The molecule has 0 radical (unpaired) electrons. The summed E-state index contributed by atoms with van der Waals surface area (Å²) < 4.78 is 5.10. The largest absolute Gasteiger partial charge is 0.497 e. The molecule has 0 spiro atoms. The summed E-state index contributed by atoms with van der Waals surface area (Å²) in [6.45, 7) is 1.89. The molecule has 1 heterocycles. The summed E-state index contributed by atoms with van der Waals surface area (Å²) in [7, 11) is 1.65. The average molecular weight is 261 g/mol. The van der Waals surface area contributed by atoms with E-state index in [1.165, 1.54) is 0 Å². The van der Waals surface area contributed by atoms with Gasteiger partial charge in [-0.3, -0.25) is 0 Å². The SMILES string of the molecule is COc1ccc(C=Cc2nc(C)cc(Cl)n2)cc1. The third kappa shape index (κ3) is 3.31. The summed E-state index contributed by atoms with van der Waals surface area (Å²) in [4.78, 5) is 8.40. The number of rotatable bonds is 3. The smallest absolute Gasteiger partial charge is 0.153 e. The molecular formula is C14H13ClN2O. The normalized spacial score (nSPS) is 10.8. The van der Waals surface area contributed by atoms with Crippen molar-refractivity contribution < 1.29 is 4.74 Å². The number of hydrogen-bond acceptors (Lipinski definition) is 3. The van der Waals surface area contributed by atoms with E-state index in [1.54, 1.807) is 13.2 Å². The van der Waals surface area contributed by atoms with E-state index in [4.69, 9.17) is 16.3 Å². The Morgan fingerprint density at radius 3 is 2.44 bits per heavy atom. The van der Waals surface area contributed by atoms with E-state index >= 15 is 0 Å². The van der Waals surface area contributed by atoms with Crippen LogP contribution in [0.1, 0.15) is 17.1 Å². The van der Waals surface area contributed by atoms with Gasteiger partial charge < -0.3 is 4.74 Å². The molecule has 1 aromatic heterocycles. The number of benzene rings is 1. The molecule has 0 saturated heterocycles. The molecule has 1 aromatic carbocycles. The first-order chi connectivity index (χ1) is 8.67. The van der Waals surface area contributed by atoms with Crippen LogP contribution in [0.5, 0.6) is 5.75 Å². The fraction of sp³-hybridized carbons (Fsp3) is 0.143. The van der Waals surface area contributed by atoms with Gasteiger partial charge in [0, 0.05) is 5.69 Å². The minimum Gasteiger partial charge on any atom is -0.497 e. The van der Waals surface area contributed by atoms with Gasteiger partial charge in [-0.25, -0.2) is 9.97 Å². The van der Waals surface area contributed by atoms with E-state index in [9.17, 15) is 0 Å². The van der Waals surface area contributed by atoms with Gasteiger partial charge >= 0.3 is 0 Å². The zero-order chi connectivity index (χ0) is 13.0. The second kappa shape index (κ2) is 5.65. The van der Waals surface area contributed by atoms with Crippen molar-refractivity contribution in [2.24, 2.45) is 0 Å². The van der Waals surface area contributed by atoms with Crippen molar-refractivity contribution in [3.8, 4) is 5.75 Å². The lowest BCUT2D eigenvalue weighted by atomic mass is 10.2. The second-order valence-electron chi connectivity index (χ2n) is 3.80. The molecule has 2 aromatic rings. The van der Waals surface area contributed by atoms with Gasteiger partial charge in [0.15, 0.2) is 5.82 Å². The summed E-state index contributed by atoms with van der Waals surface area (Å²) in [5.41, 5.74) is 1.90. The quantitative estimate of drug-likeness (QED) is 0.791. The maximum absolute atomic E-state index is 5.87. The number of methoxy groups -OCH3 is 1. The first-order valence-corrected chi connectivity index (χ1v) is 5.88. The van der Waals surface area contributed by atoms with Gasteiger partial charge in [0.05, 0.1) is 7.11 Å². The van der Waals surface area contributed by atoms with E-state index in [-0.39, 0.29) is 0 Å². The monoisotopic (exact) mass is 260 g/mol. The van der Waals surface area contributed by atoms with Gasteiger partial charge in [-0.2, -0.15) is 0 Å². The molecule has 0 fully saturated rings. The Kier molecular flexibility index (Phi) is 3.95. The van der Waals surface area contributed by atoms with Crippen molar-refractivity contribution in [2.45, 2.75) is 6.92 Å². The molecule has 0 aliphatic heterocycles. The average Bonchev–Trinajstić information content (AvgIpc) is 2.36. The van der Waals surface area contributed by atoms with Crippen molar-refractivity contribution in [2.75, 3.05) is 7.11 Å². The van der Waals surface area contributed by atoms with Gasteiger partial charge in [-0.05, 0) is 36.8 Å². The van der Waals surface area contributed by atoms with Crippen molar-refractivity contribution in [3.63, 3.8) is 0 Å². The van der Waals surface area contributed by atoms with Crippen LogP contribution in [0.2, 0.25) is 5.15 Å². The highest BCUT2D eigenvalue weighted by atomic mass is 35.5. The molecule has 0 amide bonds. The second-order valence-corrected chi connectivity index (χ2v) is 4.18. The van der Waals surface area contributed by atoms with E-state index in [0.29, 0.717) is 11.0 Å². The third-order valence-electron chi connectivity index (χ3n) is 2.38. The number of aryl methyl sites for hydroxylation is 1. The Bertz CT molecular complexity index is 544. The van der Waals surface area contributed by atoms with Crippen LogP contribution in [0.4, 0.5) is 0 Å². The molecule has 0 unspecified atom stereocenters. The lowest BCUT2D eigenvalue weighted by molar-refractivity contribution is 0.415. The molecule has 2 rings (SSSR count). The van der Waals surface area contributed by atoms with Gasteiger partial charge in [0.1, 0.15) is 10.9 Å². The van der Waals surface area contributed by atoms with Crippen LogP contribution in [0.3, 0.4) is 0 Å². The molecule has 0 N–H and O–H groups in total. The number of nitrogens with zero attached hydrogens (tertiary/aromatic N) is 2. The predicted molar refractivity (Wildman–Crippen MR) is 73.7 cm³/mol. The Hall–Kier alpha value is -1.87. The molecule has 0 atom stereocenters. The summed E-state index contributed by atoms with van der Waals surface area (Å²) in [6, 6.07) is 9.47. The molecule has 3 nitrogen and oxygen atoms in total. The maximum atomic E-state index is 5.87. The van der Waals surface area contributed by atoms with Crippen LogP contribution >= 0.6 is 11.6 Å². The minimum absolute atomic E-state index is 0.455. The van der Waals surface area contributed by atoms with Crippen molar-refractivity contribution in [1.82, 2.24) is 9.97 Å². The Balaban J connectivity index is 2.18. The molecule has 92 valence electrons. The van der Waals surface area contributed by atoms with Crippen LogP contribution < -0.4 is 4.74 Å². The van der Waals surface area contributed by atoms with E-state index in [1.807, 2.05) is 43.3 Å². The predicted octanol–water partition coefficient (Wildman–Crippen LogP) is 3.62. The first-order valence-electron chi connectivity index (χ1n) is 5.51. The van der Waals surface area contributed by atoms with Crippen LogP contribution in [0, 0.1) is 6.92 Å². The third-order valence-corrected chi connectivity index (χ3v) is 2.57. The fourth-order valence-electron chi connectivity index (χ4n) is 1.51.